The molecule has 4 aromatic heterocycles. The average molecular weight is 553 g/mol. The van der Waals surface area contributed by atoms with E-state index in [1.165, 1.54) is 11.4 Å². The molecule has 0 aliphatic carbocycles. The van der Waals surface area contributed by atoms with Crippen LogP contribution in [0, 0.1) is 0 Å². The molecule has 0 fully saturated rings. The Kier molecular flexibility index (Phi) is 8.09. The van der Waals surface area contributed by atoms with E-state index in [0.717, 1.165) is 28.8 Å². The predicted octanol–water partition coefficient (Wildman–Crippen LogP) is 4.02. The standard InChI is InChI=1S/C29H32N10O2/c1-4-15-38(29(41)27-34-36-37-35-27)21(5-2)12-14-24-25(18(3)40)26(30)39-28(33-24)22(17-32-39)20-11-13-23(31-16-20)19-9-7-6-8-10-19/h6-11,13,16-17,21H,4-5,12,14-15,30H2,1-3H3,(H,34,35,36,37)/t21-/m1/s1. The molecule has 0 unspecified atom stereocenters. The highest BCUT2D eigenvalue weighted by Gasteiger charge is 2.27. The number of amides is 1. The average Bonchev–Trinajstić information content (AvgIpc) is 3.68. The Bertz CT molecular complexity index is 1650. The molecule has 0 radical (unpaired) electrons. The number of tetrazole rings is 1. The number of fused-ring (bicyclic) bond motifs is 1. The van der Waals surface area contributed by atoms with Crippen molar-refractivity contribution in [2.24, 2.45) is 0 Å². The van der Waals surface area contributed by atoms with Crippen molar-refractivity contribution in [1.82, 2.24) is 45.1 Å². The van der Waals surface area contributed by atoms with E-state index < -0.39 is 0 Å². The Balaban J connectivity index is 1.47. The number of H-pyrrole nitrogens is 1. The number of carbonyl (C=O) groups excluding carboxylic acids is 2. The van der Waals surface area contributed by atoms with Crippen LogP contribution in [0.2, 0.25) is 0 Å². The molecule has 1 amide bonds. The van der Waals surface area contributed by atoms with Crippen LogP contribution in [0.15, 0.2) is 54.9 Å². The van der Waals surface area contributed by atoms with Gasteiger partial charge >= 0.3 is 0 Å². The molecule has 0 aliphatic heterocycles. The molecule has 0 aliphatic rings. The van der Waals surface area contributed by atoms with Gasteiger partial charge in [-0.2, -0.15) is 9.61 Å². The van der Waals surface area contributed by atoms with Crippen molar-refractivity contribution in [3.8, 4) is 22.4 Å². The van der Waals surface area contributed by atoms with E-state index in [9.17, 15) is 9.59 Å². The fraction of sp³-hybridized carbons (Fsp3) is 0.310. The normalized spacial score (nSPS) is 12.0. The molecule has 12 heteroatoms. The Hall–Kier alpha value is -5.00. The fourth-order valence-corrected chi connectivity index (χ4v) is 5.12. The summed E-state index contributed by atoms with van der Waals surface area (Å²) in [6.07, 6.45) is 5.96. The number of hydrogen-bond acceptors (Lipinski definition) is 9. The maximum absolute atomic E-state index is 13.1. The van der Waals surface area contributed by atoms with Crippen LogP contribution in [-0.2, 0) is 6.42 Å². The Labute approximate surface area is 237 Å². The van der Waals surface area contributed by atoms with Gasteiger partial charge in [0.05, 0.1) is 23.1 Å². The zero-order valence-corrected chi connectivity index (χ0v) is 23.3. The van der Waals surface area contributed by atoms with E-state index in [4.69, 9.17) is 10.7 Å². The molecule has 41 heavy (non-hydrogen) atoms. The van der Waals surface area contributed by atoms with Crippen molar-refractivity contribution in [2.45, 2.75) is 52.5 Å². The Morgan fingerprint density at radius 2 is 1.88 bits per heavy atom. The minimum atomic E-state index is -0.261. The van der Waals surface area contributed by atoms with Crippen molar-refractivity contribution in [3.05, 3.63) is 71.9 Å². The minimum Gasteiger partial charge on any atom is -0.383 e. The number of rotatable bonds is 11. The maximum atomic E-state index is 13.1. The number of nitrogens with zero attached hydrogens (tertiary/aromatic N) is 8. The number of aromatic amines is 1. The zero-order valence-electron chi connectivity index (χ0n) is 23.3. The molecule has 4 heterocycles. The highest BCUT2D eigenvalue weighted by Crippen LogP contribution is 2.29. The van der Waals surface area contributed by atoms with Gasteiger partial charge in [0.1, 0.15) is 5.82 Å². The first-order valence-corrected chi connectivity index (χ1v) is 13.7. The first-order chi connectivity index (χ1) is 19.9. The summed E-state index contributed by atoms with van der Waals surface area (Å²) in [7, 11) is 0. The maximum Gasteiger partial charge on any atom is 0.293 e. The van der Waals surface area contributed by atoms with E-state index >= 15 is 0 Å². The summed E-state index contributed by atoms with van der Waals surface area (Å²) in [5, 5.41) is 17.9. The van der Waals surface area contributed by atoms with Crippen molar-refractivity contribution < 1.29 is 9.59 Å². The van der Waals surface area contributed by atoms with Crippen LogP contribution in [-0.4, -0.2) is 69.4 Å². The molecular formula is C29H32N10O2. The van der Waals surface area contributed by atoms with Gasteiger partial charge < -0.3 is 10.6 Å². The number of carbonyl (C=O) groups is 2. The molecule has 12 nitrogen and oxygen atoms in total. The quantitative estimate of drug-likeness (QED) is 0.231. The van der Waals surface area contributed by atoms with Crippen LogP contribution in [0.25, 0.3) is 28.0 Å². The lowest BCUT2D eigenvalue weighted by molar-refractivity contribution is 0.0649. The Morgan fingerprint density at radius 3 is 2.51 bits per heavy atom. The molecule has 0 bridgehead atoms. The molecule has 0 spiro atoms. The second kappa shape index (κ2) is 12.0. The number of benzene rings is 1. The second-order valence-corrected chi connectivity index (χ2v) is 9.82. The van der Waals surface area contributed by atoms with Gasteiger partial charge in [0.25, 0.3) is 5.91 Å². The third-order valence-corrected chi connectivity index (χ3v) is 7.15. The summed E-state index contributed by atoms with van der Waals surface area (Å²) in [5.41, 5.74) is 11.4. The molecular weight excluding hydrogens is 520 g/mol. The van der Waals surface area contributed by atoms with Gasteiger partial charge in [0.2, 0.25) is 5.82 Å². The summed E-state index contributed by atoms with van der Waals surface area (Å²) in [5.74, 6) is -0.121. The van der Waals surface area contributed by atoms with Crippen molar-refractivity contribution >= 4 is 23.2 Å². The van der Waals surface area contributed by atoms with Gasteiger partial charge in [-0.05, 0) is 49.1 Å². The van der Waals surface area contributed by atoms with Gasteiger partial charge in [0, 0.05) is 35.5 Å². The minimum absolute atomic E-state index is 0.0981. The van der Waals surface area contributed by atoms with Gasteiger partial charge in [-0.3, -0.25) is 14.6 Å². The monoisotopic (exact) mass is 552 g/mol. The zero-order chi connectivity index (χ0) is 28.9. The molecule has 5 rings (SSSR count). The number of aryl methyl sites for hydroxylation is 1. The molecule has 5 aromatic rings. The topological polar surface area (TPSA) is 161 Å². The summed E-state index contributed by atoms with van der Waals surface area (Å²) >= 11 is 0. The number of anilines is 1. The van der Waals surface area contributed by atoms with Crippen LogP contribution in [0.4, 0.5) is 5.82 Å². The molecule has 3 N–H and O–H groups in total. The number of Topliss-reactive ketones (excluding diaryl/α,β-unsaturated/α-hetero) is 1. The third-order valence-electron chi connectivity index (χ3n) is 7.15. The number of ketones is 1. The van der Waals surface area contributed by atoms with Crippen LogP contribution in [0.1, 0.15) is 66.7 Å². The van der Waals surface area contributed by atoms with Crippen molar-refractivity contribution in [2.75, 3.05) is 12.3 Å². The summed E-state index contributed by atoms with van der Waals surface area (Å²) in [4.78, 5) is 37.2. The number of aromatic nitrogens is 8. The van der Waals surface area contributed by atoms with Crippen LogP contribution in [0.5, 0.6) is 0 Å². The van der Waals surface area contributed by atoms with E-state index in [-0.39, 0.29) is 29.4 Å². The summed E-state index contributed by atoms with van der Waals surface area (Å²) < 4.78 is 1.50. The van der Waals surface area contributed by atoms with E-state index in [1.54, 1.807) is 17.3 Å². The van der Waals surface area contributed by atoms with Crippen molar-refractivity contribution in [3.63, 3.8) is 0 Å². The van der Waals surface area contributed by atoms with Gasteiger partial charge in [-0.15, -0.1) is 5.10 Å². The number of nitrogens with one attached hydrogen (secondary N) is 1. The van der Waals surface area contributed by atoms with Crippen LogP contribution < -0.4 is 5.73 Å². The third kappa shape index (κ3) is 5.53. The molecule has 0 saturated carbocycles. The molecule has 1 aromatic carbocycles. The highest BCUT2D eigenvalue weighted by atomic mass is 16.2. The van der Waals surface area contributed by atoms with Gasteiger partial charge in [0.15, 0.2) is 11.4 Å². The summed E-state index contributed by atoms with van der Waals surface area (Å²) in [6.45, 7) is 6.06. The number of hydrogen-bond donors (Lipinski definition) is 2. The van der Waals surface area contributed by atoms with Crippen LogP contribution in [0.3, 0.4) is 0 Å². The van der Waals surface area contributed by atoms with E-state index in [1.807, 2.05) is 56.3 Å². The number of nitrogens with two attached hydrogens (primary N) is 1. The number of pyridine rings is 1. The van der Waals surface area contributed by atoms with Crippen LogP contribution >= 0.6 is 0 Å². The molecule has 0 saturated heterocycles. The lowest BCUT2D eigenvalue weighted by Gasteiger charge is -2.30. The van der Waals surface area contributed by atoms with Gasteiger partial charge in [-0.1, -0.05) is 50.2 Å². The SMILES string of the molecule is CCCN(C(=O)c1nnn[nH]1)[C@H](CC)CCc1nc2c(-c3ccc(-c4ccccc4)nc3)cnn2c(N)c1C(C)=O. The van der Waals surface area contributed by atoms with Crippen molar-refractivity contribution in [1.29, 1.82) is 0 Å². The highest BCUT2D eigenvalue weighted by molar-refractivity contribution is 6.00. The fourth-order valence-electron chi connectivity index (χ4n) is 5.12. The number of nitrogen functional groups attached to an aromatic ring is 1. The Morgan fingerprint density at radius 1 is 1.07 bits per heavy atom. The first-order valence-electron chi connectivity index (χ1n) is 13.7. The summed E-state index contributed by atoms with van der Waals surface area (Å²) in [6, 6.07) is 13.7. The predicted molar refractivity (Wildman–Crippen MR) is 154 cm³/mol. The first kappa shape index (κ1) is 27.6. The van der Waals surface area contributed by atoms with Gasteiger partial charge in [-0.25, -0.2) is 10.1 Å². The molecule has 1 atom stereocenters. The lowest BCUT2D eigenvalue weighted by atomic mass is 10.0. The smallest absolute Gasteiger partial charge is 0.293 e. The molecule has 210 valence electrons. The second-order valence-electron chi connectivity index (χ2n) is 9.82. The van der Waals surface area contributed by atoms with E-state index in [2.05, 4.69) is 30.7 Å². The lowest BCUT2D eigenvalue weighted by Crippen LogP contribution is -2.41. The van der Waals surface area contributed by atoms with E-state index in [0.29, 0.717) is 42.7 Å². The largest absolute Gasteiger partial charge is 0.383 e.